The van der Waals surface area contributed by atoms with Gasteiger partial charge in [-0.05, 0) is 79.9 Å². The minimum atomic E-state index is -3.87. The first-order valence-electron chi connectivity index (χ1n) is 11.6. The predicted molar refractivity (Wildman–Crippen MR) is 145 cm³/mol. The first-order chi connectivity index (χ1) is 17.4. The Hall–Kier alpha value is -2.47. The van der Waals surface area contributed by atoms with Crippen LogP contribution < -0.4 is 10.0 Å². The van der Waals surface area contributed by atoms with Crippen LogP contribution >= 0.6 is 27.5 Å². The van der Waals surface area contributed by atoms with Crippen LogP contribution in [0.4, 0.5) is 9.18 Å². The van der Waals surface area contributed by atoms with Crippen LogP contribution in [0.5, 0.6) is 0 Å². The van der Waals surface area contributed by atoms with Gasteiger partial charge in [0, 0.05) is 30.4 Å². The van der Waals surface area contributed by atoms with E-state index in [0.717, 1.165) is 0 Å². The molecule has 12 heteroatoms. The van der Waals surface area contributed by atoms with E-state index in [4.69, 9.17) is 16.3 Å². The lowest BCUT2D eigenvalue weighted by Crippen LogP contribution is -2.33. The third-order valence-electron chi connectivity index (χ3n) is 5.10. The summed E-state index contributed by atoms with van der Waals surface area (Å²) in [7, 11) is -3.87. The molecule has 0 aliphatic carbocycles. The molecule has 0 unspecified atom stereocenters. The van der Waals surface area contributed by atoms with Crippen LogP contribution in [0.25, 0.3) is 22.6 Å². The third-order valence-corrected chi connectivity index (χ3v) is 7.69. The number of benzene rings is 2. The van der Waals surface area contributed by atoms with E-state index in [-0.39, 0.29) is 16.5 Å². The monoisotopic (exact) mass is 614 g/mol. The Bertz CT molecular complexity index is 1360. The smallest absolute Gasteiger partial charge is 0.407 e. The molecule has 0 atom stereocenters. The van der Waals surface area contributed by atoms with Crippen LogP contribution in [0.15, 0.2) is 52.0 Å². The van der Waals surface area contributed by atoms with Crippen molar-refractivity contribution in [3.63, 3.8) is 0 Å². The molecule has 0 saturated heterocycles. The largest absolute Gasteiger partial charge is 0.444 e. The molecular formula is C25H29BrClFN4O4S. The molecule has 3 rings (SSSR count). The van der Waals surface area contributed by atoms with Crippen LogP contribution in [-0.4, -0.2) is 43.2 Å². The molecule has 37 heavy (non-hydrogen) atoms. The molecule has 1 aromatic heterocycles. The highest BCUT2D eigenvalue weighted by Gasteiger charge is 2.20. The van der Waals surface area contributed by atoms with E-state index in [1.807, 2.05) is 0 Å². The Labute approximate surface area is 229 Å². The van der Waals surface area contributed by atoms with Gasteiger partial charge in [-0.15, -0.1) is 0 Å². The summed E-state index contributed by atoms with van der Waals surface area (Å²) >= 11 is 9.34. The highest BCUT2D eigenvalue weighted by atomic mass is 79.9. The molecule has 2 aromatic carbocycles. The molecule has 0 aliphatic heterocycles. The molecule has 3 N–H and O–H groups in total. The summed E-state index contributed by atoms with van der Waals surface area (Å²) in [5.74, 6) is 0.0104. The fraction of sp³-hybridized carbons (Fsp3) is 0.360. The highest BCUT2D eigenvalue weighted by molar-refractivity contribution is 9.10. The summed E-state index contributed by atoms with van der Waals surface area (Å²) < 4.78 is 47.8. The number of carbonyl (C=O) groups excluding carboxylic acids is 1. The average Bonchev–Trinajstić information content (AvgIpc) is 3.29. The quantitative estimate of drug-likeness (QED) is 0.233. The van der Waals surface area contributed by atoms with Crippen molar-refractivity contribution in [2.45, 2.75) is 50.5 Å². The van der Waals surface area contributed by atoms with Gasteiger partial charge >= 0.3 is 6.09 Å². The number of unbranched alkanes of at least 4 members (excludes halogenated alkanes) is 2. The number of nitrogens with zero attached hydrogens (tertiary/aromatic N) is 1. The maximum atomic E-state index is 13.9. The summed E-state index contributed by atoms with van der Waals surface area (Å²) in [4.78, 5) is 19.0. The van der Waals surface area contributed by atoms with E-state index in [0.29, 0.717) is 52.9 Å². The topological polar surface area (TPSA) is 113 Å². The Kier molecular flexibility index (Phi) is 9.74. The fourth-order valence-electron chi connectivity index (χ4n) is 3.35. The molecule has 0 aliphatic rings. The number of aromatic amines is 1. The lowest BCUT2D eigenvalue weighted by Gasteiger charge is -2.19. The van der Waals surface area contributed by atoms with Crippen LogP contribution in [0.1, 0.15) is 40.0 Å². The van der Waals surface area contributed by atoms with Gasteiger partial charge in [-0.2, -0.15) is 0 Å². The molecule has 0 fully saturated rings. The van der Waals surface area contributed by atoms with Gasteiger partial charge in [0.15, 0.2) is 0 Å². The lowest BCUT2D eigenvalue weighted by molar-refractivity contribution is 0.0527. The van der Waals surface area contributed by atoms with E-state index >= 15 is 0 Å². The molecule has 0 spiro atoms. The van der Waals surface area contributed by atoms with Crippen molar-refractivity contribution >= 4 is 43.6 Å². The zero-order valence-electron chi connectivity index (χ0n) is 20.7. The molecule has 3 aromatic rings. The van der Waals surface area contributed by atoms with Crippen LogP contribution in [0.2, 0.25) is 5.02 Å². The summed E-state index contributed by atoms with van der Waals surface area (Å²) in [6.07, 6.45) is 3.11. The first kappa shape index (κ1) is 29.1. The zero-order valence-corrected chi connectivity index (χ0v) is 23.9. The minimum absolute atomic E-state index is 0.0640. The average molecular weight is 616 g/mol. The number of halogens is 3. The predicted octanol–water partition coefficient (Wildman–Crippen LogP) is 6.27. The number of hydrogen-bond acceptors (Lipinski definition) is 5. The zero-order chi connectivity index (χ0) is 27.2. The van der Waals surface area contributed by atoms with Crippen molar-refractivity contribution in [3.05, 3.63) is 57.9 Å². The standard InChI is InChI=1S/C25H29BrClFN4O4S/c1-25(2,3)36-24(33)29-11-5-4-6-12-31-37(34,35)22-14-17(8-10-19(22)27)23-30-15-21(32-23)16-7-9-18(26)20(28)13-16/h7-10,13-15,31H,4-6,11-12H2,1-3H3,(H,29,33)(H,30,32). The number of H-pyrrole nitrogens is 1. The fourth-order valence-corrected chi connectivity index (χ4v) is 5.19. The Morgan fingerprint density at radius 3 is 2.51 bits per heavy atom. The Balaban J connectivity index is 1.57. The second-order valence-corrected chi connectivity index (χ2v) is 12.3. The van der Waals surface area contributed by atoms with E-state index in [9.17, 15) is 17.6 Å². The van der Waals surface area contributed by atoms with Crippen LogP contribution in [0.3, 0.4) is 0 Å². The molecule has 0 radical (unpaired) electrons. The summed E-state index contributed by atoms with van der Waals surface area (Å²) in [5, 5.41) is 2.75. The van der Waals surface area contributed by atoms with E-state index in [1.54, 1.807) is 45.2 Å². The van der Waals surface area contributed by atoms with Crippen molar-refractivity contribution in [2.75, 3.05) is 13.1 Å². The van der Waals surface area contributed by atoms with Crippen LogP contribution in [0, 0.1) is 5.82 Å². The molecular weight excluding hydrogens is 587 g/mol. The van der Waals surface area contributed by atoms with Gasteiger partial charge in [0.05, 0.1) is 15.2 Å². The highest BCUT2D eigenvalue weighted by Crippen LogP contribution is 2.29. The maximum absolute atomic E-state index is 13.9. The molecule has 0 bridgehead atoms. The van der Waals surface area contributed by atoms with Crippen molar-refractivity contribution in [1.29, 1.82) is 0 Å². The normalized spacial score (nSPS) is 11.9. The van der Waals surface area contributed by atoms with Crippen molar-refractivity contribution < 1.29 is 22.3 Å². The summed E-state index contributed by atoms with van der Waals surface area (Å²) in [5.41, 5.74) is 1.05. The van der Waals surface area contributed by atoms with Gasteiger partial charge in [-0.25, -0.2) is 27.3 Å². The van der Waals surface area contributed by atoms with Gasteiger partial charge in [0.1, 0.15) is 22.1 Å². The summed E-state index contributed by atoms with van der Waals surface area (Å²) in [6, 6.07) is 9.27. The number of hydrogen-bond donors (Lipinski definition) is 3. The number of rotatable bonds is 10. The number of aromatic nitrogens is 2. The van der Waals surface area contributed by atoms with Crippen molar-refractivity contribution in [3.8, 4) is 22.6 Å². The van der Waals surface area contributed by atoms with Gasteiger partial charge < -0.3 is 15.0 Å². The number of nitrogens with one attached hydrogen (secondary N) is 3. The van der Waals surface area contributed by atoms with Crippen molar-refractivity contribution in [2.24, 2.45) is 0 Å². The molecule has 1 amide bonds. The Morgan fingerprint density at radius 1 is 1.11 bits per heavy atom. The maximum Gasteiger partial charge on any atom is 0.407 e. The van der Waals surface area contributed by atoms with Gasteiger partial charge in [-0.1, -0.05) is 24.1 Å². The third kappa shape index (κ3) is 8.53. The van der Waals surface area contributed by atoms with Crippen molar-refractivity contribution in [1.82, 2.24) is 20.0 Å². The molecule has 200 valence electrons. The van der Waals surface area contributed by atoms with Gasteiger partial charge in [0.2, 0.25) is 10.0 Å². The Morgan fingerprint density at radius 2 is 1.81 bits per heavy atom. The number of ether oxygens (including phenoxy) is 1. The number of sulfonamides is 1. The molecule has 1 heterocycles. The second-order valence-electron chi connectivity index (χ2n) is 9.30. The summed E-state index contributed by atoms with van der Waals surface area (Å²) in [6.45, 7) is 6.03. The number of imidazole rings is 1. The van der Waals surface area contributed by atoms with E-state index < -0.39 is 27.5 Å². The lowest BCUT2D eigenvalue weighted by atomic mass is 10.2. The number of alkyl carbamates (subject to hydrolysis) is 1. The number of amides is 1. The van der Waals surface area contributed by atoms with E-state index in [2.05, 4.69) is 35.9 Å². The number of carbonyl (C=O) groups is 1. The minimum Gasteiger partial charge on any atom is -0.444 e. The SMILES string of the molecule is CC(C)(C)OC(=O)NCCCCCNS(=O)(=O)c1cc(-c2nc(-c3ccc(Br)c(F)c3)c[nH]2)ccc1Cl. The van der Waals surface area contributed by atoms with Gasteiger partial charge in [-0.3, -0.25) is 0 Å². The first-order valence-corrected chi connectivity index (χ1v) is 14.3. The second kappa shape index (κ2) is 12.4. The molecule has 8 nitrogen and oxygen atoms in total. The van der Waals surface area contributed by atoms with Gasteiger partial charge in [0.25, 0.3) is 0 Å². The molecule has 0 saturated carbocycles. The van der Waals surface area contributed by atoms with E-state index in [1.165, 1.54) is 18.2 Å². The van der Waals surface area contributed by atoms with Crippen LogP contribution in [-0.2, 0) is 14.8 Å².